The molecule has 34 heavy (non-hydrogen) atoms. The number of benzene rings is 2. The number of piperidine rings is 1. The number of amides is 1. The lowest BCUT2D eigenvalue weighted by Gasteiger charge is -2.30. The second-order valence-electron chi connectivity index (χ2n) is 7.96. The van der Waals surface area contributed by atoms with Crippen molar-refractivity contribution in [3.63, 3.8) is 0 Å². The van der Waals surface area contributed by atoms with E-state index < -0.39 is 17.5 Å². The molecule has 1 aliphatic heterocycles. The van der Waals surface area contributed by atoms with Crippen LogP contribution < -0.4 is 10.2 Å². The third-order valence-electron chi connectivity index (χ3n) is 5.66. The van der Waals surface area contributed by atoms with Crippen molar-refractivity contribution in [3.8, 4) is 5.75 Å². The minimum atomic E-state index is -0.614. The standard InChI is InChI=1S/C24H24F2N4O4/c25-20-2-1-3-21(26)19(20)14-30-12-10-17(11-13-30)24-27-23(34-29-24)15-33-18-7-4-16(5-8-18)6-9-22(31)28-32/h1-9,17,32H,10-15H2,(H,28,31). The van der Waals surface area contributed by atoms with Crippen LogP contribution in [0.5, 0.6) is 5.75 Å². The molecule has 2 aromatic carbocycles. The molecular weight excluding hydrogens is 446 g/mol. The van der Waals surface area contributed by atoms with Gasteiger partial charge < -0.3 is 9.26 Å². The number of hydrogen-bond donors (Lipinski definition) is 2. The van der Waals surface area contributed by atoms with Crippen molar-refractivity contribution in [1.82, 2.24) is 20.5 Å². The molecule has 3 aromatic rings. The fraction of sp³-hybridized carbons (Fsp3) is 0.292. The van der Waals surface area contributed by atoms with E-state index in [1.165, 1.54) is 29.8 Å². The lowest BCUT2D eigenvalue weighted by Crippen LogP contribution is -2.33. The van der Waals surface area contributed by atoms with E-state index in [1.807, 2.05) is 4.90 Å². The zero-order valence-electron chi connectivity index (χ0n) is 18.3. The van der Waals surface area contributed by atoms with Gasteiger partial charge in [0.05, 0.1) is 0 Å². The summed E-state index contributed by atoms with van der Waals surface area (Å²) in [6.45, 7) is 1.71. The molecule has 4 rings (SSSR count). The zero-order valence-corrected chi connectivity index (χ0v) is 18.3. The van der Waals surface area contributed by atoms with Gasteiger partial charge >= 0.3 is 0 Å². The van der Waals surface area contributed by atoms with Gasteiger partial charge in [-0.25, -0.2) is 14.3 Å². The predicted octanol–water partition coefficient (Wildman–Crippen LogP) is 3.83. The average Bonchev–Trinajstić information content (AvgIpc) is 3.34. The number of aromatic nitrogens is 2. The number of nitrogens with zero attached hydrogens (tertiary/aromatic N) is 3. The maximum Gasteiger partial charge on any atom is 0.267 e. The Labute approximate surface area is 194 Å². The number of carbonyl (C=O) groups excluding carboxylic acids is 1. The van der Waals surface area contributed by atoms with Crippen molar-refractivity contribution in [2.24, 2.45) is 0 Å². The van der Waals surface area contributed by atoms with Crippen molar-refractivity contribution in [3.05, 3.63) is 83.0 Å². The molecule has 2 N–H and O–H groups in total. The van der Waals surface area contributed by atoms with E-state index in [0.717, 1.165) is 18.4 Å². The second kappa shape index (κ2) is 11.0. The molecule has 0 unspecified atom stereocenters. The van der Waals surface area contributed by atoms with E-state index >= 15 is 0 Å². The number of nitrogens with one attached hydrogen (secondary N) is 1. The molecule has 10 heteroatoms. The van der Waals surface area contributed by atoms with Gasteiger partial charge in [0.25, 0.3) is 11.8 Å². The summed E-state index contributed by atoms with van der Waals surface area (Å²) in [7, 11) is 0. The van der Waals surface area contributed by atoms with E-state index in [0.29, 0.717) is 30.6 Å². The lowest BCUT2D eigenvalue weighted by molar-refractivity contribution is -0.124. The molecule has 2 heterocycles. The largest absolute Gasteiger partial charge is 0.484 e. The first kappa shape index (κ1) is 23.5. The van der Waals surface area contributed by atoms with Gasteiger partial charge in [-0.3, -0.25) is 14.9 Å². The van der Waals surface area contributed by atoms with Crippen LogP contribution in [0.25, 0.3) is 6.08 Å². The number of hydrogen-bond acceptors (Lipinski definition) is 7. The van der Waals surface area contributed by atoms with E-state index in [9.17, 15) is 13.6 Å². The smallest absolute Gasteiger partial charge is 0.267 e. The summed E-state index contributed by atoms with van der Waals surface area (Å²) in [6, 6.07) is 10.9. The molecule has 1 amide bonds. The molecule has 0 spiro atoms. The van der Waals surface area contributed by atoms with E-state index in [4.69, 9.17) is 14.5 Å². The second-order valence-corrected chi connectivity index (χ2v) is 7.96. The van der Waals surface area contributed by atoms with Crippen LogP contribution >= 0.6 is 0 Å². The number of likely N-dealkylation sites (tertiary alicyclic amines) is 1. The Morgan fingerprint density at radius 2 is 1.88 bits per heavy atom. The fourth-order valence-corrected chi connectivity index (χ4v) is 3.78. The average molecular weight is 470 g/mol. The van der Waals surface area contributed by atoms with Crippen LogP contribution in [-0.4, -0.2) is 39.2 Å². The third-order valence-corrected chi connectivity index (χ3v) is 5.66. The Hall–Kier alpha value is -3.63. The minimum absolute atomic E-state index is 0.0969. The molecule has 0 bridgehead atoms. The maximum absolute atomic E-state index is 13.9. The van der Waals surface area contributed by atoms with E-state index in [1.54, 1.807) is 30.3 Å². The Bertz CT molecular complexity index is 1120. The van der Waals surface area contributed by atoms with Crippen molar-refractivity contribution >= 4 is 12.0 Å². The summed E-state index contributed by atoms with van der Waals surface area (Å²) in [5.74, 6) is 0.0125. The quantitative estimate of drug-likeness (QED) is 0.293. The highest BCUT2D eigenvalue weighted by molar-refractivity contribution is 5.90. The third kappa shape index (κ3) is 6.03. The molecule has 0 saturated carbocycles. The van der Waals surface area contributed by atoms with Gasteiger partial charge in [0.15, 0.2) is 12.4 Å². The van der Waals surface area contributed by atoms with Crippen molar-refractivity contribution in [2.45, 2.75) is 31.9 Å². The first-order valence-electron chi connectivity index (χ1n) is 10.8. The van der Waals surface area contributed by atoms with Crippen LogP contribution in [0.2, 0.25) is 0 Å². The summed E-state index contributed by atoms with van der Waals surface area (Å²) in [6.07, 6.45) is 4.29. The summed E-state index contributed by atoms with van der Waals surface area (Å²) in [5.41, 5.74) is 2.38. The molecule has 8 nitrogen and oxygen atoms in total. The lowest BCUT2D eigenvalue weighted by atomic mass is 9.96. The fourth-order valence-electron chi connectivity index (χ4n) is 3.78. The first-order valence-corrected chi connectivity index (χ1v) is 10.8. The van der Waals surface area contributed by atoms with Crippen LogP contribution in [0.1, 0.15) is 41.6 Å². The first-order chi connectivity index (χ1) is 16.5. The molecule has 0 atom stereocenters. The number of hydroxylamine groups is 1. The highest BCUT2D eigenvalue weighted by Crippen LogP contribution is 2.28. The van der Waals surface area contributed by atoms with Gasteiger partial charge in [0, 0.05) is 24.1 Å². The summed E-state index contributed by atoms with van der Waals surface area (Å²) in [4.78, 5) is 17.5. The van der Waals surface area contributed by atoms with Crippen LogP contribution in [0.4, 0.5) is 8.78 Å². The van der Waals surface area contributed by atoms with Gasteiger partial charge in [-0.1, -0.05) is 23.4 Å². The molecule has 1 fully saturated rings. The number of rotatable bonds is 8. The van der Waals surface area contributed by atoms with E-state index in [2.05, 4.69) is 10.1 Å². The normalized spacial score (nSPS) is 15.0. The Kier molecular flexibility index (Phi) is 7.61. The van der Waals surface area contributed by atoms with Crippen LogP contribution in [0.15, 0.2) is 53.1 Å². The van der Waals surface area contributed by atoms with Gasteiger partial charge in [0.1, 0.15) is 17.4 Å². The summed E-state index contributed by atoms with van der Waals surface area (Å²) < 4.78 is 38.8. The molecule has 0 radical (unpaired) electrons. The SMILES string of the molecule is O=C(C=Cc1ccc(OCc2nc(C3CCN(Cc4c(F)cccc4F)CC3)no2)cc1)NO. The number of halogens is 2. The Morgan fingerprint density at radius 3 is 2.56 bits per heavy atom. The molecule has 1 aromatic heterocycles. The summed E-state index contributed by atoms with van der Waals surface area (Å²) >= 11 is 0. The van der Waals surface area contributed by atoms with Gasteiger partial charge in [-0.15, -0.1) is 0 Å². The topological polar surface area (TPSA) is 101 Å². The highest BCUT2D eigenvalue weighted by atomic mass is 19.1. The van der Waals surface area contributed by atoms with Crippen molar-refractivity contribution in [1.29, 1.82) is 0 Å². The molecule has 178 valence electrons. The molecule has 1 saturated heterocycles. The Morgan fingerprint density at radius 1 is 1.18 bits per heavy atom. The number of carbonyl (C=O) groups is 1. The van der Waals surface area contributed by atoms with Crippen molar-refractivity contribution < 1.29 is 28.0 Å². The highest BCUT2D eigenvalue weighted by Gasteiger charge is 2.26. The van der Waals surface area contributed by atoms with Crippen LogP contribution in [0.3, 0.4) is 0 Å². The van der Waals surface area contributed by atoms with Gasteiger partial charge in [-0.2, -0.15) is 4.98 Å². The monoisotopic (exact) mass is 470 g/mol. The van der Waals surface area contributed by atoms with Gasteiger partial charge in [0.2, 0.25) is 0 Å². The van der Waals surface area contributed by atoms with Crippen molar-refractivity contribution in [2.75, 3.05) is 13.1 Å². The van der Waals surface area contributed by atoms with Crippen LogP contribution in [0, 0.1) is 11.6 Å². The molecule has 1 aliphatic rings. The molecular formula is C24H24F2N4O4. The molecule has 0 aliphatic carbocycles. The summed E-state index contributed by atoms with van der Waals surface area (Å²) in [5, 5.41) is 12.6. The van der Waals surface area contributed by atoms with E-state index in [-0.39, 0.29) is 24.6 Å². The number of ether oxygens (including phenoxy) is 1. The van der Waals surface area contributed by atoms with Crippen LogP contribution in [-0.2, 0) is 17.9 Å². The predicted molar refractivity (Wildman–Crippen MR) is 118 cm³/mol. The Balaban J connectivity index is 1.25. The minimum Gasteiger partial charge on any atom is -0.484 e. The zero-order chi connectivity index (χ0) is 23.9. The van der Waals surface area contributed by atoms with Gasteiger partial charge in [-0.05, 0) is 61.8 Å². The maximum atomic E-state index is 13.9.